The van der Waals surface area contributed by atoms with Crippen molar-refractivity contribution in [1.29, 1.82) is 0 Å². The average molecular weight is 669 g/mol. The second-order valence-electron chi connectivity index (χ2n) is 12.6. The summed E-state index contributed by atoms with van der Waals surface area (Å²) in [5.41, 5.74) is 4.25. The van der Waals surface area contributed by atoms with Crippen LogP contribution in [0.5, 0.6) is 0 Å². The van der Waals surface area contributed by atoms with Gasteiger partial charge in [-0.1, -0.05) is 59.9 Å². The standard InChI is InChI=1S/C36H40N6O5S/c1-22-10-11-25(32(44)40-27-16-17-27)20-28(22)41-34-42-30(31(48-34)33(45)38-21-23-8-6-5-7-9-23)24-12-14-26(15-13-24)39-29(43)18-19-37-35(46)47-36(2,3)4/h5-15,20,27H,16-19,21H2,1-4H3,(H,37,46)(H,38,45)(H,39,43)(H,40,44)(H,41,42). The van der Waals surface area contributed by atoms with Gasteiger partial charge < -0.3 is 31.3 Å². The molecule has 0 saturated heterocycles. The third kappa shape index (κ3) is 9.88. The maximum Gasteiger partial charge on any atom is 0.407 e. The lowest BCUT2D eigenvalue weighted by Crippen LogP contribution is -2.34. The van der Waals surface area contributed by atoms with Crippen molar-refractivity contribution in [3.63, 3.8) is 0 Å². The molecule has 0 aliphatic heterocycles. The molecular weight excluding hydrogens is 629 g/mol. The summed E-state index contributed by atoms with van der Waals surface area (Å²) in [6.45, 7) is 7.72. The maximum absolute atomic E-state index is 13.5. The molecule has 12 heteroatoms. The van der Waals surface area contributed by atoms with Crippen LogP contribution in [0, 0.1) is 6.92 Å². The van der Waals surface area contributed by atoms with Gasteiger partial charge in [-0.25, -0.2) is 9.78 Å². The minimum absolute atomic E-state index is 0.0662. The zero-order chi connectivity index (χ0) is 34.3. The van der Waals surface area contributed by atoms with Crippen molar-refractivity contribution in [2.24, 2.45) is 0 Å². The van der Waals surface area contributed by atoms with Crippen molar-refractivity contribution in [2.75, 3.05) is 17.2 Å². The summed E-state index contributed by atoms with van der Waals surface area (Å²) in [7, 11) is 0. The number of nitrogens with zero attached hydrogens (tertiary/aromatic N) is 1. The van der Waals surface area contributed by atoms with Crippen LogP contribution in [0.3, 0.4) is 0 Å². The molecule has 0 bridgehead atoms. The Balaban J connectivity index is 1.31. The van der Waals surface area contributed by atoms with Gasteiger partial charge >= 0.3 is 6.09 Å². The van der Waals surface area contributed by atoms with Crippen LogP contribution in [0.1, 0.15) is 71.2 Å². The van der Waals surface area contributed by atoms with Crippen molar-refractivity contribution < 1.29 is 23.9 Å². The van der Waals surface area contributed by atoms with Crippen LogP contribution in [0.15, 0.2) is 72.8 Å². The Morgan fingerprint density at radius 3 is 2.33 bits per heavy atom. The van der Waals surface area contributed by atoms with Crippen LogP contribution in [-0.4, -0.2) is 47.0 Å². The molecule has 1 heterocycles. The number of carbonyl (C=O) groups excluding carboxylic acids is 4. The maximum atomic E-state index is 13.5. The number of benzene rings is 3. The molecule has 0 unspecified atom stereocenters. The first-order chi connectivity index (χ1) is 22.9. The second-order valence-corrected chi connectivity index (χ2v) is 13.6. The molecule has 1 fully saturated rings. The molecule has 1 aliphatic rings. The number of amides is 4. The van der Waals surface area contributed by atoms with Crippen LogP contribution in [0.4, 0.5) is 21.3 Å². The van der Waals surface area contributed by atoms with E-state index >= 15 is 0 Å². The molecule has 1 saturated carbocycles. The normalized spacial score (nSPS) is 12.5. The average Bonchev–Trinajstić information content (AvgIpc) is 3.76. The zero-order valence-corrected chi connectivity index (χ0v) is 28.3. The number of rotatable bonds is 12. The molecule has 0 atom stereocenters. The van der Waals surface area contributed by atoms with Crippen molar-refractivity contribution in [3.05, 3.63) is 94.4 Å². The number of aryl methyl sites for hydroxylation is 1. The largest absolute Gasteiger partial charge is 0.444 e. The number of hydrogen-bond acceptors (Lipinski definition) is 8. The first kappa shape index (κ1) is 34.1. The highest BCUT2D eigenvalue weighted by Gasteiger charge is 2.25. The van der Waals surface area contributed by atoms with E-state index in [0.717, 1.165) is 24.0 Å². The molecule has 0 radical (unpaired) electrons. The Morgan fingerprint density at radius 1 is 0.917 bits per heavy atom. The first-order valence-corrected chi connectivity index (χ1v) is 16.6. The van der Waals surface area contributed by atoms with Gasteiger partial charge in [0.2, 0.25) is 5.91 Å². The molecule has 5 rings (SSSR count). The quantitative estimate of drug-likeness (QED) is 0.115. The SMILES string of the molecule is Cc1ccc(C(=O)NC2CC2)cc1Nc1nc(-c2ccc(NC(=O)CCNC(=O)OC(C)(C)C)cc2)c(C(=O)NCc2ccccc2)s1. The number of nitrogens with one attached hydrogen (secondary N) is 5. The van der Waals surface area contributed by atoms with E-state index in [0.29, 0.717) is 44.7 Å². The highest BCUT2D eigenvalue weighted by Crippen LogP contribution is 2.34. The fourth-order valence-electron chi connectivity index (χ4n) is 4.62. The van der Waals surface area contributed by atoms with E-state index in [1.54, 1.807) is 57.2 Å². The van der Waals surface area contributed by atoms with Gasteiger partial charge in [0.25, 0.3) is 11.8 Å². The number of alkyl carbamates (subject to hydrolysis) is 1. The van der Waals surface area contributed by atoms with Gasteiger partial charge in [-0.3, -0.25) is 14.4 Å². The molecule has 5 N–H and O–H groups in total. The molecule has 250 valence electrons. The van der Waals surface area contributed by atoms with Crippen molar-refractivity contribution in [1.82, 2.24) is 20.9 Å². The Labute approximate surface area is 283 Å². The predicted molar refractivity (Wildman–Crippen MR) is 188 cm³/mol. The van der Waals surface area contributed by atoms with Gasteiger partial charge in [0, 0.05) is 48.1 Å². The zero-order valence-electron chi connectivity index (χ0n) is 27.4. The van der Waals surface area contributed by atoms with Crippen LogP contribution in [0.25, 0.3) is 11.3 Å². The van der Waals surface area contributed by atoms with Gasteiger partial charge in [-0.2, -0.15) is 0 Å². The molecule has 0 spiro atoms. The van der Waals surface area contributed by atoms with Gasteiger partial charge in [0.1, 0.15) is 10.5 Å². The first-order valence-electron chi connectivity index (χ1n) is 15.8. The van der Waals surface area contributed by atoms with Crippen LogP contribution < -0.4 is 26.6 Å². The van der Waals surface area contributed by atoms with E-state index in [4.69, 9.17) is 9.72 Å². The minimum Gasteiger partial charge on any atom is -0.444 e. The van der Waals surface area contributed by atoms with Gasteiger partial charge in [0.15, 0.2) is 5.13 Å². The van der Waals surface area contributed by atoms with Crippen LogP contribution >= 0.6 is 11.3 Å². The molecule has 48 heavy (non-hydrogen) atoms. The Morgan fingerprint density at radius 2 is 1.65 bits per heavy atom. The van der Waals surface area contributed by atoms with Crippen LogP contribution in [-0.2, 0) is 16.1 Å². The van der Waals surface area contributed by atoms with E-state index in [1.807, 2.05) is 43.3 Å². The van der Waals surface area contributed by atoms with E-state index in [-0.39, 0.29) is 36.7 Å². The van der Waals surface area contributed by atoms with Crippen molar-refractivity contribution in [3.8, 4) is 11.3 Å². The lowest BCUT2D eigenvalue weighted by Gasteiger charge is -2.19. The number of thiazole rings is 1. The summed E-state index contributed by atoms with van der Waals surface area (Å²) < 4.78 is 5.19. The van der Waals surface area contributed by atoms with Gasteiger partial charge in [0.05, 0.1) is 5.69 Å². The summed E-state index contributed by atoms with van der Waals surface area (Å²) >= 11 is 1.22. The summed E-state index contributed by atoms with van der Waals surface area (Å²) in [5.74, 6) is -0.667. The lowest BCUT2D eigenvalue weighted by molar-refractivity contribution is -0.116. The summed E-state index contributed by atoms with van der Waals surface area (Å²) in [6, 6.07) is 22.4. The summed E-state index contributed by atoms with van der Waals surface area (Å²) in [4.78, 5) is 55.8. The fourth-order valence-corrected chi connectivity index (χ4v) is 5.53. The highest BCUT2D eigenvalue weighted by atomic mass is 32.1. The third-order valence-electron chi connectivity index (χ3n) is 7.25. The molecule has 1 aliphatic carbocycles. The Kier molecular flexibility index (Phi) is 10.7. The molecule has 4 amide bonds. The lowest BCUT2D eigenvalue weighted by atomic mass is 10.1. The molecular formula is C36H40N6O5S. The van der Waals surface area contributed by atoms with Gasteiger partial charge in [-0.05, 0) is 75.9 Å². The predicted octanol–water partition coefficient (Wildman–Crippen LogP) is 6.54. The molecule has 11 nitrogen and oxygen atoms in total. The van der Waals surface area contributed by atoms with E-state index in [9.17, 15) is 19.2 Å². The molecule has 1 aromatic heterocycles. The fraction of sp³-hybridized carbons (Fsp3) is 0.306. The number of carbonyl (C=O) groups is 4. The Hall–Kier alpha value is -5.23. The Bertz CT molecular complexity index is 1780. The number of aromatic nitrogens is 1. The van der Waals surface area contributed by atoms with E-state index in [2.05, 4.69) is 26.6 Å². The van der Waals surface area contributed by atoms with Crippen LogP contribution in [0.2, 0.25) is 0 Å². The summed E-state index contributed by atoms with van der Waals surface area (Å²) in [6.07, 6.45) is 1.49. The van der Waals surface area contributed by atoms with Crippen molar-refractivity contribution in [2.45, 2.75) is 65.1 Å². The van der Waals surface area contributed by atoms with E-state index < -0.39 is 11.7 Å². The second kappa shape index (κ2) is 15.1. The topological polar surface area (TPSA) is 151 Å². The smallest absolute Gasteiger partial charge is 0.407 e. The summed E-state index contributed by atoms with van der Waals surface area (Å²) in [5, 5.41) is 15.2. The molecule has 4 aromatic rings. The highest BCUT2D eigenvalue weighted by molar-refractivity contribution is 7.18. The number of hydrogen-bond donors (Lipinski definition) is 5. The van der Waals surface area contributed by atoms with Gasteiger partial charge in [-0.15, -0.1) is 0 Å². The monoisotopic (exact) mass is 668 g/mol. The van der Waals surface area contributed by atoms with Crippen molar-refractivity contribution >= 4 is 51.7 Å². The minimum atomic E-state index is -0.623. The number of ether oxygens (including phenoxy) is 1. The van der Waals surface area contributed by atoms with E-state index in [1.165, 1.54) is 11.3 Å². The molecule has 3 aromatic carbocycles. The third-order valence-corrected chi connectivity index (χ3v) is 8.22. The number of anilines is 3.